The van der Waals surface area contributed by atoms with Gasteiger partial charge in [0.1, 0.15) is 5.82 Å². The molecule has 0 unspecified atom stereocenters. The average molecular weight is 248 g/mol. The molecule has 0 saturated carbocycles. The summed E-state index contributed by atoms with van der Waals surface area (Å²) in [5.74, 6) is 1.05. The van der Waals surface area contributed by atoms with Crippen LogP contribution < -0.4 is 4.90 Å². The van der Waals surface area contributed by atoms with E-state index in [2.05, 4.69) is 17.0 Å². The second kappa shape index (κ2) is 4.52. The van der Waals surface area contributed by atoms with Crippen LogP contribution in [0.25, 0.3) is 0 Å². The van der Waals surface area contributed by atoms with Crippen molar-refractivity contribution in [2.75, 3.05) is 24.7 Å². The minimum absolute atomic E-state index is 0.169. The summed E-state index contributed by atoms with van der Waals surface area (Å²) in [6.07, 6.45) is 5.76. The highest BCUT2D eigenvalue weighted by Gasteiger charge is 2.34. The van der Waals surface area contributed by atoms with Crippen LogP contribution in [0.4, 0.5) is 10.2 Å². The molecule has 3 rings (SSSR count). The van der Waals surface area contributed by atoms with Crippen LogP contribution in [0.15, 0.2) is 12.1 Å². The average Bonchev–Trinajstić information content (AvgIpc) is 2.82. The number of aryl methyl sites for hydroxylation is 2. The predicted octanol–water partition coefficient (Wildman–Crippen LogP) is 3.15. The van der Waals surface area contributed by atoms with Crippen LogP contribution in [0.3, 0.4) is 0 Å². The summed E-state index contributed by atoms with van der Waals surface area (Å²) in [7, 11) is 0. The van der Waals surface area contributed by atoms with Gasteiger partial charge in [-0.1, -0.05) is 13.0 Å². The number of halogens is 1. The first-order valence-electron chi connectivity index (χ1n) is 7.00. The van der Waals surface area contributed by atoms with E-state index in [4.69, 9.17) is 4.98 Å². The molecule has 2 nitrogen and oxygen atoms in total. The number of rotatable bonds is 2. The van der Waals surface area contributed by atoms with Crippen LogP contribution in [0.5, 0.6) is 0 Å². The summed E-state index contributed by atoms with van der Waals surface area (Å²) in [5.41, 5.74) is 2.52. The SMILES string of the molecule is C[C@@]1(CF)CCN(c2ccc3c(n2)CCCC3)C1. The number of fused-ring (bicyclic) bond motifs is 1. The van der Waals surface area contributed by atoms with E-state index < -0.39 is 0 Å². The third-order valence-corrected chi connectivity index (χ3v) is 4.37. The second-order valence-electron chi connectivity index (χ2n) is 6.10. The molecule has 2 heterocycles. The molecule has 0 N–H and O–H groups in total. The Bertz CT molecular complexity index is 446. The number of aromatic nitrogens is 1. The quantitative estimate of drug-likeness (QED) is 0.799. The van der Waals surface area contributed by atoms with Gasteiger partial charge >= 0.3 is 0 Å². The van der Waals surface area contributed by atoms with E-state index in [1.807, 2.05) is 6.92 Å². The normalized spacial score (nSPS) is 27.3. The van der Waals surface area contributed by atoms with Crippen molar-refractivity contribution in [1.82, 2.24) is 4.98 Å². The van der Waals surface area contributed by atoms with Gasteiger partial charge < -0.3 is 4.90 Å². The van der Waals surface area contributed by atoms with Crippen LogP contribution in [0.2, 0.25) is 0 Å². The molecule has 1 saturated heterocycles. The first-order valence-corrected chi connectivity index (χ1v) is 7.00. The lowest BCUT2D eigenvalue weighted by Crippen LogP contribution is -2.27. The lowest BCUT2D eigenvalue weighted by Gasteiger charge is -2.23. The van der Waals surface area contributed by atoms with Gasteiger partial charge in [-0.15, -0.1) is 0 Å². The molecule has 0 aromatic carbocycles. The molecule has 1 fully saturated rings. The molecule has 1 aromatic rings. The van der Waals surface area contributed by atoms with E-state index in [9.17, 15) is 4.39 Å². The number of hydrogen-bond acceptors (Lipinski definition) is 2. The number of anilines is 1. The van der Waals surface area contributed by atoms with E-state index in [1.165, 1.54) is 30.5 Å². The fraction of sp³-hybridized carbons (Fsp3) is 0.667. The Labute approximate surface area is 108 Å². The molecule has 0 radical (unpaired) electrons. The minimum atomic E-state index is -0.228. The summed E-state index contributed by atoms with van der Waals surface area (Å²) < 4.78 is 13.0. The van der Waals surface area contributed by atoms with E-state index >= 15 is 0 Å². The number of nitrogens with zero attached hydrogens (tertiary/aromatic N) is 2. The maximum atomic E-state index is 13.0. The van der Waals surface area contributed by atoms with Gasteiger partial charge in [0.05, 0.1) is 6.67 Å². The van der Waals surface area contributed by atoms with Crippen molar-refractivity contribution in [3.8, 4) is 0 Å². The maximum Gasteiger partial charge on any atom is 0.128 e. The van der Waals surface area contributed by atoms with Crippen LogP contribution in [-0.4, -0.2) is 24.7 Å². The molecule has 0 amide bonds. The molecule has 1 aliphatic heterocycles. The second-order valence-corrected chi connectivity index (χ2v) is 6.10. The molecule has 0 bridgehead atoms. The van der Waals surface area contributed by atoms with Gasteiger partial charge in [-0.3, -0.25) is 4.39 Å². The Morgan fingerprint density at radius 1 is 1.33 bits per heavy atom. The van der Waals surface area contributed by atoms with E-state index in [0.29, 0.717) is 0 Å². The van der Waals surface area contributed by atoms with E-state index in [1.54, 1.807) is 0 Å². The fourth-order valence-corrected chi connectivity index (χ4v) is 3.08. The molecule has 1 aliphatic carbocycles. The Balaban J connectivity index is 1.81. The topological polar surface area (TPSA) is 16.1 Å². The molecular formula is C15H21FN2. The molecule has 3 heteroatoms. The van der Waals surface area contributed by atoms with Gasteiger partial charge in [-0.2, -0.15) is 0 Å². The largest absolute Gasteiger partial charge is 0.356 e. The lowest BCUT2D eigenvalue weighted by molar-refractivity contribution is 0.260. The van der Waals surface area contributed by atoms with Crippen LogP contribution in [0, 0.1) is 5.41 Å². The Kier molecular flexibility index (Phi) is 3.00. The van der Waals surface area contributed by atoms with Gasteiger partial charge in [0.2, 0.25) is 0 Å². The summed E-state index contributed by atoms with van der Waals surface area (Å²) in [6.45, 7) is 3.54. The highest BCUT2D eigenvalue weighted by molar-refractivity contribution is 5.44. The lowest BCUT2D eigenvalue weighted by atomic mass is 9.92. The van der Waals surface area contributed by atoms with Crippen molar-refractivity contribution in [1.29, 1.82) is 0 Å². The van der Waals surface area contributed by atoms with Crippen molar-refractivity contribution in [2.24, 2.45) is 5.41 Å². The van der Waals surface area contributed by atoms with Crippen molar-refractivity contribution in [2.45, 2.75) is 39.0 Å². The van der Waals surface area contributed by atoms with Crippen molar-refractivity contribution >= 4 is 5.82 Å². The van der Waals surface area contributed by atoms with Gasteiger partial charge in [0, 0.05) is 24.2 Å². The zero-order chi connectivity index (χ0) is 12.6. The Hall–Kier alpha value is -1.12. The molecule has 18 heavy (non-hydrogen) atoms. The van der Waals surface area contributed by atoms with E-state index in [0.717, 1.165) is 31.7 Å². The van der Waals surface area contributed by atoms with Crippen LogP contribution >= 0.6 is 0 Å². The fourth-order valence-electron chi connectivity index (χ4n) is 3.08. The molecule has 1 aromatic heterocycles. The van der Waals surface area contributed by atoms with Gasteiger partial charge in [-0.25, -0.2) is 4.98 Å². The first kappa shape index (κ1) is 11.9. The highest BCUT2D eigenvalue weighted by Crippen LogP contribution is 2.33. The highest BCUT2D eigenvalue weighted by atomic mass is 19.1. The van der Waals surface area contributed by atoms with Crippen molar-refractivity contribution in [3.63, 3.8) is 0 Å². The smallest absolute Gasteiger partial charge is 0.128 e. The third-order valence-electron chi connectivity index (χ3n) is 4.37. The monoisotopic (exact) mass is 248 g/mol. The molecule has 2 aliphatic rings. The molecule has 0 spiro atoms. The van der Waals surface area contributed by atoms with Crippen LogP contribution in [0.1, 0.15) is 37.4 Å². The standard InChI is InChI=1S/C15H21FN2/c1-15(10-16)8-9-18(11-15)14-7-6-12-4-2-3-5-13(12)17-14/h6-7H,2-5,8-11H2,1H3/t15-/m0/s1. The molecule has 98 valence electrons. The Morgan fingerprint density at radius 3 is 2.94 bits per heavy atom. The number of pyridine rings is 1. The van der Waals surface area contributed by atoms with Crippen molar-refractivity contribution < 1.29 is 4.39 Å². The summed E-state index contributed by atoms with van der Waals surface area (Å²) in [4.78, 5) is 7.04. The van der Waals surface area contributed by atoms with E-state index in [-0.39, 0.29) is 12.1 Å². The number of hydrogen-bond donors (Lipinski definition) is 0. The number of alkyl halides is 1. The van der Waals surface area contributed by atoms with Gasteiger partial charge in [0.25, 0.3) is 0 Å². The van der Waals surface area contributed by atoms with Crippen LogP contribution in [-0.2, 0) is 12.8 Å². The summed E-state index contributed by atoms with van der Waals surface area (Å²) >= 11 is 0. The molecule has 1 atom stereocenters. The van der Waals surface area contributed by atoms with Gasteiger partial charge in [0.15, 0.2) is 0 Å². The third kappa shape index (κ3) is 2.11. The summed E-state index contributed by atoms with van der Waals surface area (Å²) in [6, 6.07) is 4.34. The maximum absolute atomic E-state index is 13.0. The predicted molar refractivity (Wildman–Crippen MR) is 71.8 cm³/mol. The minimum Gasteiger partial charge on any atom is -0.356 e. The zero-order valence-corrected chi connectivity index (χ0v) is 11.1. The first-order chi connectivity index (χ1) is 8.70. The summed E-state index contributed by atoms with van der Waals surface area (Å²) in [5, 5.41) is 0. The zero-order valence-electron chi connectivity index (χ0n) is 11.1. The Morgan fingerprint density at radius 2 is 2.17 bits per heavy atom. The van der Waals surface area contributed by atoms with Gasteiger partial charge in [-0.05, 0) is 43.7 Å². The molecular weight excluding hydrogens is 227 g/mol. The van der Waals surface area contributed by atoms with Crippen molar-refractivity contribution in [3.05, 3.63) is 23.4 Å².